The largest absolute Gasteiger partial charge is 0.0628 e. The molecule has 5 aliphatic carbocycles. The van der Waals surface area contributed by atoms with Gasteiger partial charge in [-0.05, 0) is 98.7 Å². The van der Waals surface area contributed by atoms with E-state index in [0.717, 1.165) is 47.3 Å². The zero-order chi connectivity index (χ0) is 16.4. The first-order chi connectivity index (χ1) is 11.0. The molecule has 0 N–H and O–H groups in total. The van der Waals surface area contributed by atoms with Gasteiger partial charge in [0.25, 0.3) is 0 Å². The van der Waals surface area contributed by atoms with E-state index in [1.165, 1.54) is 12.8 Å². The summed E-state index contributed by atoms with van der Waals surface area (Å²) in [6.45, 7) is 9.49. The molecular formula is C23H42. The fraction of sp³-hybridized carbons (Fsp3) is 1.00. The van der Waals surface area contributed by atoms with Crippen molar-refractivity contribution in [2.24, 2.45) is 47.3 Å². The number of rotatable bonds is 4. The molecule has 23 heavy (non-hydrogen) atoms. The minimum atomic E-state index is 0.925. The van der Waals surface area contributed by atoms with Gasteiger partial charge in [0.1, 0.15) is 0 Å². The van der Waals surface area contributed by atoms with Crippen molar-refractivity contribution in [2.45, 2.75) is 98.3 Å². The number of hydrogen-bond donors (Lipinski definition) is 0. The van der Waals surface area contributed by atoms with Gasteiger partial charge in [-0.2, -0.15) is 0 Å². The lowest BCUT2D eigenvalue weighted by Crippen LogP contribution is -2.31. The lowest BCUT2D eigenvalue weighted by molar-refractivity contribution is 0.0842. The molecule has 0 aliphatic heterocycles. The molecule has 0 amide bonds. The van der Waals surface area contributed by atoms with Gasteiger partial charge in [0, 0.05) is 0 Å². The molecule has 4 atom stereocenters. The molecule has 0 aromatic rings. The molecule has 0 spiro atoms. The van der Waals surface area contributed by atoms with E-state index in [1.807, 2.05) is 0 Å². The van der Waals surface area contributed by atoms with Crippen LogP contribution in [0.2, 0.25) is 0 Å². The first-order valence-corrected chi connectivity index (χ1v) is 11.0. The Hall–Kier alpha value is 0. The van der Waals surface area contributed by atoms with Gasteiger partial charge < -0.3 is 0 Å². The Bertz CT molecular complexity index is 345. The topological polar surface area (TPSA) is 0 Å². The summed E-state index contributed by atoms with van der Waals surface area (Å²) in [6, 6.07) is 0. The lowest BCUT2D eigenvalue weighted by atomic mass is 9.63. The van der Waals surface area contributed by atoms with Gasteiger partial charge in [0.2, 0.25) is 0 Å². The average Bonchev–Trinajstić information content (AvgIpc) is 3.10. The molecule has 0 aromatic heterocycles. The summed E-state index contributed by atoms with van der Waals surface area (Å²) >= 11 is 0. The highest BCUT2D eigenvalue weighted by Crippen LogP contribution is 2.50. The summed E-state index contributed by atoms with van der Waals surface area (Å²) < 4.78 is 0. The van der Waals surface area contributed by atoms with Crippen molar-refractivity contribution in [3.8, 4) is 0 Å². The van der Waals surface area contributed by atoms with E-state index in [4.69, 9.17) is 0 Å². The minimum Gasteiger partial charge on any atom is -0.0628 e. The molecule has 5 aliphatic rings. The molecule has 5 rings (SSSR count). The third kappa shape index (κ3) is 4.76. The zero-order valence-electron chi connectivity index (χ0n) is 16.4. The first kappa shape index (κ1) is 17.8. The molecule has 134 valence electrons. The molecule has 0 nitrogen and oxygen atoms in total. The summed E-state index contributed by atoms with van der Waals surface area (Å²) in [5.74, 6) is 8.61. The van der Waals surface area contributed by atoms with Crippen LogP contribution in [-0.2, 0) is 0 Å². The molecule has 0 saturated heterocycles. The number of fused-ring (bicyclic) bond motifs is 5. The van der Waals surface area contributed by atoms with Crippen LogP contribution in [0.5, 0.6) is 0 Å². The maximum absolute atomic E-state index is 2.38. The van der Waals surface area contributed by atoms with Gasteiger partial charge in [0.05, 0.1) is 0 Å². The quantitative estimate of drug-likeness (QED) is 0.509. The molecule has 0 radical (unpaired) electrons. The molecule has 4 unspecified atom stereocenters. The second-order valence-electron chi connectivity index (χ2n) is 10.5. The van der Waals surface area contributed by atoms with Gasteiger partial charge in [0.15, 0.2) is 0 Å². The lowest BCUT2D eigenvalue weighted by Gasteiger charge is -2.43. The van der Waals surface area contributed by atoms with Crippen molar-refractivity contribution in [3.05, 3.63) is 0 Å². The van der Waals surface area contributed by atoms with Crippen molar-refractivity contribution in [2.75, 3.05) is 0 Å². The van der Waals surface area contributed by atoms with Gasteiger partial charge in [-0.3, -0.25) is 0 Å². The fourth-order valence-electron chi connectivity index (χ4n) is 6.68. The van der Waals surface area contributed by atoms with Crippen LogP contribution in [0.3, 0.4) is 0 Å². The molecule has 0 aromatic carbocycles. The van der Waals surface area contributed by atoms with Crippen LogP contribution in [0.15, 0.2) is 0 Å². The smallest absolute Gasteiger partial charge is 0.0381 e. The first-order valence-electron chi connectivity index (χ1n) is 11.0. The second kappa shape index (κ2) is 7.92. The van der Waals surface area contributed by atoms with Crippen LogP contribution in [0.4, 0.5) is 0 Å². The van der Waals surface area contributed by atoms with E-state index in [9.17, 15) is 0 Å². The number of hydrogen-bond acceptors (Lipinski definition) is 0. The van der Waals surface area contributed by atoms with Gasteiger partial charge >= 0.3 is 0 Å². The van der Waals surface area contributed by atoms with Crippen molar-refractivity contribution >= 4 is 0 Å². The highest BCUT2D eigenvalue weighted by molar-refractivity contribution is 4.90. The maximum atomic E-state index is 2.38. The van der Waals surface area contributed by atoms with Gasteiger partial charge in [-0.1, -0.05) is 47.0 Å². The minimum absolute atomic E-state index is 0.925. The van der Waals surface area contributed by atoms with E-state index in [-0.39, 0.29) is 0 Å². The highest BCUT2D eigenvalue weighted by atomic mass is 14.4. The van der Waals surface area contributed by atoms with Crippen LogP contribution in [0.1, 0.15) is 98.3 Å². The zero-order valence-corrected chi connectivity index (χ0v) is 16.4. The van der Waals surface area contributed by atoms with Crippen molar-refractivity contribution < 1.29 is 0 Å². The standard InChI is InChI=1S/C12H22.C11H20/c1-9(2)7-12-8-10-3-5-11(12)6-4-10;1-8(2)5-11-7-9-3-4-10(11)6-9/h9-12H,3-8H2,1-2H3;8-11H,3-7H2,1-2H3. The van der Waals surface area contributed by atoms with E-state index >= 15 is 0 Å². The summed E-state index contributed by atoms with van der Waals surface area (Å²) in [5, 5.41) is 0. The van der Waals surface area contributed by atoms with Crippen LogP contribution < -0.4 is 0 Å². The molecule has 5 fully saturated rings. The normalized spacial score (nSPS) is 41.5. The maximum Gasteiger partial charge on any atom is -0.0381 e. The summed E-state index contributed by atoms with van der Waals surface area (Å²) in [7, 11) is 0. The van der Waals surface area contributed by atoms with Gasteiger partial charge in [-0.15, -0.1) is 0 Å². The van der Waals surface area contributed by atoms with E-state index < -0.39 is 0 Å². The Balaban J connectivity index is 0.000000136. The van der Waals surface area contributed by atoms with E-state index in [0.29, 0.717) is 0 Å². The van der Waals surface area contributed by atoms with E-state index in [1.54, 1.807) is 57.8 Å². The molecule has 4 bridgehead atoms. The second-order valence-corrected chi connectivity index (χ2v) is 10.5. The molecule has 0 heterocycles. The Morgan fingerprint density at radius 1 is 0.565 bits per heavy atom. The molecule has 5 saturated carbocycles. The van der Waals surface area contributed by atoms with Crippen molar-refractivity contribution in [3.63, 3.8) is 0 Å². The van der Waals surface area contributed by atoms with Crippen LogP contribution in [-0.4, -0.2) is 0 Å². The van der Waals surface area contributed by atoms with Gasteiger partial charge in [-0.25, -0.2) is 0 Å². The van der Waals surface area contributed by atoms with E-state index in [2.05, 4.69) is 27.7 Å². The van der Waals surface area contributed by atoms with Crippen molar-refractivity contribution in [1.29, 1.82) is 0 Å². The highest BCUT2D eigenvalue weighted by Gasteiger charge is 2.39. The summed E-state index contributed by atoms with van der Waals surface area (Å²) in [6.07, 6.45) is 17.1. The monoisotopic (exact) mass is 318 g/mol. The Morgan fingerprint density at radius 3 is 1.43 bits per heavy atom. The van der Waals surface area contributed by atoms with Crippen LogP contribution in [0, 0.1) is 47.3 Å². The summed E-state index contributed by atoms with van der Waals surface area (Å²) in [4.78, 5) is 0. The fourth-order valence-corrected chi connectivity index (χ4v) is 6.68. The molecule has 0 heteroatoms. The third-order valence-electron chi connectivity index (χ3n) is 7.63. The van der Waals surface area contributed by atoms with Crippen LogP contribution in [0.25, 0.3) is 0 Å². The predicted molar refractivity (Wildman–Crippen MR) is 101 cm³/mol. The Morgan fingerprint density at radius 2 is 1.04 bits per heavy atom. The SMILES string of the molecule is CC(C)CC1CC2CCC1C2.CC(C)CC1CC2CCC1CC2. The van der Waals surface area contributed by atoms with Crippen LogP contribution >= 0.6 is 0 Å². The average molecular weight is 319 g/mol. The summed E-state index contributed by atoms with van der Waals surface area (Å²) in [5.41, 5.74) is 0. The Kier molecular flexibility index (Phi) is 6.13. The third-order valence-corrected chi connectivity index (χ3v) is 7.63. The van der Waals surface area contributed by atoms with Crippen molar-refractivity contribution in [1.82, 2.24) is 0 Å². The molecular weight excluding hydrogens is 276 g/mol. The predicted octanol–water partition coefficient (Wildman–Crippen LogP) is 7.33. The Labute approximate surface area is 146 Å².